The minimum absolute atomic E-state index is 0.0179. The van der Waals surface area contributed by atoms with Gasteiger partial charge in [0.1, 0.15) is 18.4 Å². The molecule has 2 fully saturated rings. The second-order valence-electron chi connectivity index (χ2n) is 12.7. The molecule has 3 aliphatic rings. The normalized spacial score (nSPS) is 36.6. The Hall–Kier alpha value is -2.16. The van der Waals surface area contributed by atoms with Gasteiger partial charge in [0.15, 0.2) is 0 Å². The van der Waals surface area contributed by atoms with Gasteiger partial charge in [-0.1, -0.05) is 39.8 Å². The zero-order valence-corrected chi connectivity index (χ0v) is 23.6. The molecule has 38 heavy (non-hydrogen) atoms. The molecule has 0 amide bonds. The van der Waals surface area contributed by atoms with Crippen LogP contribution in [-0.4, -0.2) is 47.8 Å². The summed E-state index contributed by atoms with van der Waals surface area (Å²) in [5, 5.41) is 24.8. The lowest BCUT2D eigenvalue weighted by Crippen LogP contribution is -2.58. The number of ether oxygens (including phenoxy) is 1. The highest BCUT2D eigenvalue weighted by atomic mass is 16.5. The van der Waals surface area contributed by atoms with Crippen LogP contribution in [0.4, 0.5) is 5.69 Å². The van der Waals surface area contributed by atoms with E-state index in [1.165, 1.54) is 0 Å². The van der Waals surface area contributed by atoms with Crippen LogP contribution in [0, 0.1) is 28.1 Å². The van der Waals surface area contributed by atoms with Crippen molar-refractivity contribution in [3.63, 3.8) is 0 Å². The van der Waals surface area contributed by atoms with Gasteiger partial charge in [-0.15, -0.1) is 6.58 Å². The smallest absolute Gasteiger partial charge is 0.460 e. The van der Waals surface area contributed by atoms with E-state index >= 15 is 0 Å². The van der Waals surface area contributed by atoms with Crippen molar-refractivity contribution in [2.75, 3.05) is 11.9 Å². The van der Waals surface area contributed by atoms with Crippen LogP contribution >= 0.6 is 0 Å². The summed E-state index contributed by atoms with van der Waals surface area (Å²) < 4.78 is 11.5. The molecule has 7 nitrogen and oxygen atoms in total. The minimum Gasteiger partial charge on any atom is -0.460 e. The molecule has 208 valence electrons. The Morgan fingerprint density at radius 3 is 2.74 bits per heavy atom. The fraction of sp³-hybridized carbons (Fsp3) is 0.667. The Morgan fingerprint density at radius 2 is 2.05 bits per heavy atom. The predicted octanol–water partition coefficient (Wildman–Crippen LogP) is 4.00. The van der Waals surface area contributed by atoms with Crippen molar-refractivity contribution in [1.29, 1.82) is 0 Å². The van der Waals surface area contributed by atoms with Gasteiger partial charge in [0, 0.05) is 22.9 Å². The number of ketones is 1. The van der Waals surface area contributed by atoms with Crippen molar-refractivity contribution in [3.05, 3.63) is 36.4 Å². The predicted molar refractivity (Wildman–Crippen MR) is 149 cm³/mol. The van der Waals surface area contributed by atoms with Crippen LogP contribution in [0.5, 0.6) is 0 Å². The average molecular weight is 525 g/mol. The maximum Gasteiger partial charge on any atom is 0.491 e. The number of aliphatic hydroxyl groups is 1. The van der Waals surface area contributed by atoms with Gasteiger partial charge < -0.3 is 29.6 Å². The number of anilines is 1. The van der Waals surface area contributed by atoms with E-state index in [1.54, 1.807) is 13.0 Å². The Labute approximate surface area is 227 Å². The number of nitrogens with one attached hydrogen (secondary N) is 1. The third kappa shape index (κ3) is 5.32. The van der Waals surface area contributed by atoms with Crippen LogP contribution in [0.25, 0.3) is 0 Å². The molecule has 8 heteroatoms. The Morgan fingerprint density at radius 1 is 1.32 bits per heavy atom. The third-order valence-corrected chi connectivity index (χ3v) is 10.4. The van der Waals surface area contributed by atoms with E-state index in [0.717, 1.165) is 31.2 Å². The van der Waals surface area contributed by atoms with Crippen molar-refractivity contribution in [2.24, 2.45) is 28.1 Å². The van der Waals surface area contributed by atoms with Crippen LogP contribution in [0.2, 0.25) is 0 Å². The topological polar surface area (TPSA) is 105 Å². The summed E-state index contributed by atoms with van der Waals surface area (Å²) in [5.41, 5.74) is 1.19. The molecule has 0 radical (unpaired) electrons. The van der Waals surface area contributed by atoms with E-state index in [4.69, 9.17) is 9.39 Å². The molecule has 0 unspecified atom stereocenters. The van der Waals surface area contributed by atoms with Crippen LogP contribution in [0.1, 0.15) is 78.7 Å². The molecule has 2 saturated carbocycles. The largest absolute Gasteiger partial charge is 0.491 e. The first-order valence-corrected chi connectivity index (χ1v) is 14.0. The molecule has 0 spiro atoms. The number of rotatable bonds is 8. The van der Waals surface area contributed by atoms with Crippen LogP contribution < -0.4 is 10.8 Å². The summed E-state index contributed by atoms with van der Waals surface area (Å²) in [6, 6.07) is 5.55. The quantitative estimate of drug-likeness (QED) is 0.268. The van der Waals surface area contributed by atoms with Gasteiger partial charge in [0.05, 0.1) is 12.7 Å². The molecule has 2 aliphatic carbocycles. The van der Waals surface area contributed by atoms with Crippen LogP contribution in [0.15, 0.2) is 30.9 Å². The van der Waals surface area contributed by atoms with Gasteiger partial charge in [-0.05, 0) is 79.4 Å². The molecule has 1 aromatic carbocycles. The first-order chi connectivity index (χ1) is 17.8. The Kier molecular flexibility index (Phi) is 8.18. The monoisotopic (exact) mass is 525 g/mol. The SMILES string of the molecule is C=C[C@]1(C)C[C@@H](OC(=O)CNc2ccc3c(c2)B(O)OC3)[C@@]2(C)C[C@](CCC(C)=O)(CC[C@H]2C)[C@@H](C)[C@@H]1O. The third-order valence-electron chi connectivity index (χ3n) is 10.4. The fourth-order valence-electron chi connectivity index (χ4n) is 7.28. The molecule has 3 N–H and O–H groups in total. The average Bonchev–Trinajstić information content (AvgIpc) is 3.26. The Balaban J connectivity index is 1.58. The van der Waals surface area contributed by atoms with E-state index in [0.29, 0.717) is 36.5 Å². The molecular formula is C30H44BNO6. The summed E-state index contributed by atoms with van der Waals surface area (Å²) in [6.07, 6.45) is 5.15. The second kappa shape index (κ2) is 10.8. The van der Waals surface area contributed by atoms with Gasteiger partial charge in [-0.25, -0.2) is 0 Å². The van der Waals surface area contributed by atoms with Crippen molar-refractivity contribution in [3.8, 4) is 0 Å². The lowest BCUT2D eigenvalue weighted by Gasteiger charge is -2.60. The number of carbonyl (C=O) groups excluding carboxylic acids is 2. The number of fused-ring (bicyclic) bond motifs is 3. The highest BCUT2D eigenvalue weighted by Crippen LogP contribution is 2.62. The standard InChI is InChI=1S/C30H44BNO6/c1-7-28(5)15-25(38-26(34)16-32-23-9-8-22-17-37-31(36)24(22)14-23)29(6)18-30(12-10-19(29)2,13-11-20(3)33)21(4)27(28)35/h7-9,14,19,21,25,27,32,35-36H,1,10-13,15-18H2,2-6H3/t19-,21+,25-,27+,28-,29+,30-/m1/s1. The van der Waals surface area contributed by atoms with E-state index < -0.39 is 24.7 Å². The summed E-state index contributed by atoms with van der Waals surface area (Å²) in [5.74, 6) is 0.0901. The van der Waals surface area contributed by atoms with Gasteiger partial charge >= 0.3 is 13.1 Å². The molecule has 7 atom stereocenters. The maximum atomic E-state index is 13.2. The van der Waals surface area contributed by atoms with E-state index in [1.807, 2.05) is 25.1 Å². The fourth-order valence-corrected chi connectivity index (χ4v) is 7.28. The number of aliphatic hydroxyl groups excluding tert-OH is 1. The highest BCUT2D eigenvalue weighted by molar-refractivity contribution is 6.61. The zero-order chi connectivity index (χ0) is 27.9. The van der Waals surface area contributed by atoms with Crippen molar-refractivity contribution < 1.29 is 29.1 Å². The summed E-state index contributed by atoms with van der Waals surface area (Å²) in [6.45, 7) is 14.6. The molecule has 0 saturated heterocycles. The van der Waals surface area contributed by atoms with Crippen molar-refractivity contribution in [1.82, 2.24) is 0 Å². The summed E-state index contributed by atoms with van der Waals surface area (Å²) >= 11 is 0. The molecular weight excluding hydrogens is 481 g/mol. The van der Waals surface area contributed by atoms with Crippen molar-refractivity contribution in [2.45, 2.75) is 92.0 Å². The number of Topliss-reactive ketones (excluding diaryl/α,β-unsaturated/α-hetero) is 1. The van der Waals surface area contributed by atoms with Crippen LogP contribution in [-0.2, 0) is 25.6 Å². The molecule has 0 aromatic heterocycles. The molecule has 1 aliphatic heterocycles. The lowest BCUT2D eigenvalue weighted by atomic mass is 9.47. The molecule has 1 heterocycles. The lowest BCUT2D eigenvalue weighted by molar-refractivity contribution is -0.187. The van der Waals surface area contributed by atoms with Crippen LogP contribution in [0.3, 0.4) is 0 Å². The van der Waals surface area contributed by atoms with Gasteiger partial charge in [0.2, 0.25) is 0 Å². The maximum absolute atomic E-state index is 13.2. The molecule has 2 bridgehead atoms. The Bertz CT molecular complexity index is 1080. The van der Waals surface area contributed by atoms with Gasteiger partial charge in [-0.3, -0.25) is 4.79 Å². The van der Waals surface area contributed by atoms with Gasteiger partial charge in [-0.2, -0.15) is 0 Å². The number of hydrogen-bond donors (Lipinski definition) is 3. The van der Waals surface area contributed by atoms with Crippen molar-refractivity contribution >= 4 is 30.0 Å². The number of hydrogen-bond acceptors (Lipinski definition) is 7. The molecule has 4 rings (SSSR count). The zero-order valence-electron chi connectivity index (χ0n) is 23.6. The molecule has 1 aromatic rings. The second-order valence-corrected chi connectivity index (χ2v) is 12.7. The number of carbonyl (C=O) groups is 2. The van der Waals surface area contributed by atoms with E-state index in [-0.39, 0.29) is 35.0 Å². The number of esters is 1. The minimum atomic E-state index is -0.949. The van der Waals surface area contributed by atoms with Gasteiger partial charge in [0.25, 0.3) is 0 Å². The summed E-state index contributed by atoms with van der Waals surface area (Å²) in [4.78, 5) is 25.3. The summed E-state index contributed by atoms with van der Waals surface area (Å²) in [7, 11) is -0.949. The van der Waals surface area contributed by atoms with E-state index in [9.17, 15) is 19.7 Å². The number of benzene rings is 1. The first-order valence-electron chi connectivity index (χ1n) is 14.0. The highest BCUT2D eigenvalue weighted by Gasteiger charge is 2.58. The first kappa shape index (κ1) is 28.8. The van der Waals surface area contributed by atoms with E-state index in [2.05, 4.69) is 32.7 Å².